The molecule has 144 valence electrons. The molecule has 3 N–H and O–H groups in total. The number of rotatable bonds is 3. The summed E-state index contributed by atoms with van der Waals surface area (Å²) in [6.45, 7) is 0. The van der Waals surface area contributed by atoms with E-state index in [1.54, 1.807) is 36.4 Å². The number of benzene rings is 2. The number of furan rings is 1. The minimum absolute atomic E-state index is 0.0758. The molecule has 0 aliphatic heterocycles. The Balaban J connectivity index is 1.73. The Hall–Kier alpha value is -3.75. The van der Waals surface area contributed by atoms with Gasteiger partial charge in [0.2, 0.25) is 5.76 Å². The van der Waals surface area contributed by atoms with Crippen molar-refractivity contribution in [3.8, 4) is 16.9 Å². The maximum Gasteiger partial charge on any atom is 0.419 e. The van der Waals surface area contributed by atoms with Crippen molar-refractivity contribution in [3.05, 3.63) is 77.7 Å². The number of alkyl halides is 3. The first-order valence-electron chi connectivity index (χ1n) is 7.91. The van der Waals surface area contributed by atoms with Crippen LogP contribution >= 0.6 is 0 Å². The second kappa shape index (κ2) is 7.47. The Morgan fingerprint density at radius 1 is 0.929 bits per heavy atom. The van der Waals surface area contributed by atoms with E-state index in [4.69, 9.17) is 4.42 Å². The van der Waals surface area contributed by atoms with Gasteiger partial charge >= 0.3 is 12.1 Å². The summed E-state index contributed by atoms with van der Waals surface area (Å²) in [7, 11) is 0. The first-order chi connectivity index (χ1) is 13.3. The van der Waals surface area contributed by atoms with Crippen LogP contribution in [0, 0.1) is 0 Å². The van der Waals surface area contributed by atoms with Gasteiger partial charge < -0.3 is 9.52 Å². The van der Waals surface area contributed by atoms with Gasteiger partial charge in [-0.15, -0.1) is 0 Å². The Labute approximate surface area is 156 Å². The Morgan fingerprint density at radius 2 is 1.61 bits per heavy atom. The van der Waals surface area contributed by atoms with Gasteiger partial charge in [-0.05, 0) is 29.8 Å². The number of hydrogen-bond acceptors (Lipinski definition) is 4. The van der Waals surface area contributed by atoms with Crippen LogP contribution < -0.4 is 10.9 Å². The van der Waals surface area contributed by atoms with Crippen LogP contribution in [0.2, 0.25) is 0 Å². The molecule has 0 spiro atoms. The second-order valence-corrected chi connectivity index (χ2v) is 5.67. The molecule has 0 atom stereocenters. The average Bonchev–Trinajstić information content (AvgIpc) is 3.16. The van der Waals surface area contributed by atoms with Gasteiger partial charge in [0.1, 0.15) is 5.75 Å². The Bertz CT molecular complexity index is 1010. The van der Waals surface area contributed by atoms with E-state index in [9.17, 15) is 27.9 Å². The molecule has 9 heteroatoms. The first-order valence-corrected chi connectivity index (χ1v) is 7.91. The van der Waals surface area contributed by atoms with E-state index in [0.717, 1.165) is 12.1 Å². The molecule has 1 aromatic heterocycles. The van der Waals surface area contributed by atoms with Crippen LogP contribution in [0.15, 0.2) is 65.3 Å². The summed E-state index contributed by atoms with van der Waals surface area (Å²) in [5, 5.41) is 9.30. The number of aromatic hydroxyl groups is 1. The monoisotopic (exact) mass is 390 g/mol. The highest BCUT2D eigenvalue weighted by molar-refractivity contribution is 6.01. The van der Waals surface area contributed by atoms with Crippen molar-refractivity contribution in [2.45, 2.75) is 6.18 Å². The van der Waals surface area contributed by atoms with E-state index in [2.05, 4.69) is 5.43 Å². The van der Waals surface area contributed by atoms with Crippen LogP contribution in [-0.2, 0) is 6.18 Å². The van der Waals surface area contributed by atoms with Gasteiger partial charge in [0.25, 0.3) is 5.91 Å². The zero-order valence-electron chi connectivity index (χ0n) is 14.1. The van der Waals surface area contributed by atoms with Gasteiger partial charge in [-0.2, -0.15) is 13.2 Å². The van der Waals surface area contributed by atoms with Crippen molar-refractivity contribution < 1.29 is 32.3 Å². The summed E-state index contributed by atoms with van der Waals surface area (Å²) in [4.78, 5) is 24.3. The highest BCUT2D eigenvalue weighted by Gasteiger charge is 2.34. The quantitative estimate of drug-likeness (QED) is 0.594. The van der Waals surface area contributed by atoms with Crippen molar-refractivity contribution in [1.82, 2.24) is 10.9 Å². The van der Waals surface area contributed by atoms with Crippen LogP contribution in [0.1, 0.15) is 26.5 Å². The van der Waals surface area contributed by atoms with Crippen LogP contribution in [0.25, 0.3) is 11.1 Å². The third-order valence-corrected chi connectivity index (χ3v) is 3.81. The highest BCUT2D eigenvalue weighted by Crippen LogP contribution is 2.36. The molecule has 0 bridgehead atoms. The lowest BCUT2D eigenvalue weighted by molar-refractivity contribution is -0.138. The first kappa shape index (κ1) is 19.0. The number of hydrogen-bond donors (Lipinski definition) is 3. The number of phenols is 1. The van der Waals surface area contributed by atoms with Gasteiger partial charge in [0.15, 0.2) is 0 Å². The zero-order valence-corrected chi connectivity index (χ0v) is 14.1. The maximum absolute atomic E-state index is 12.8. The van der Waals surface area contributed by atoms with E-state index in [1.807, 2.05) is 5.43 Å². The third kappa shape index (κ3) is 3.98. The minimum Gasteiger partial charge on any atom is -0.507 e. The van der Waals surface area contributed by atoms with E-state index in [0.29, 0.717) is 17.2 Å². The lowest BCUT2D eigenvalue weighted by Crippen LogP contribution is -2.41. The molecule has 0 radical (unpaired) electrons. The Morgan fingerprint density at radius 3 is 2.29 bits per heavy atom. The molecule has 2 amide bonds. The van der Waals surface area contributed by atoms with Crippen LogP contribution in [0.5, 0.6) is 5.75 Å². The molecule has 3 rings (SSSR count). The van der Waals surface area contributed by atoms with Gasteiger partial charge in [-0.25, -0.2) is 0 Å². The minimum atomic E-state index is -4.83. The fourth-order valence-corrected chi connectivity index (χ4v) is 2.48. The number of hydrazine groups is 1. The average molecular weight is 390 g/mol. The predicted octanol–water partition coefficient (Wildman–Crippen LogP) is 3.75. The molecule has 0 saturated carbocycles. The number of nitrogens with one attached hydrogen (secondary N) is 2. The fraction of sp³-hybridized carbons (Fsp3) is 0.0526. The van der Waals surface area contributed by atoms with Gasteiger partial charge in [-0.1, -0.05) is 30.3 Å². The van der Waals surface area contributed by atoms with Crippen LogP contribution in [0.3, 0.4) is 0 Å². The summed E-state index contributed by atoms with van der Waals surface area (Å²) in [6, 6.07) is 12.7. The highest BCUT2D eigenvalue weighted by atomic mass is 19.4. The molecule has 3 aromatic rings. The number of amides is 2. The molecule has 0 unspecified atom stereocenters. The number of carbonyl (C=O) groups is 2. The molecule has 2 aromatic carbocycles. The smallest absolute Gasteiger partial charge is 0.419 e. The van der Waals surface area contributed by atoms with E-state index in [1.165, 1.54) is 6.26 Å². The van der Waals surface area contributed by atoms with Crippen molar-refractivity contribution >= 4 is 11.8 Å². The third-order valence-electron chi connectivity index (χ3n) is 3.81. The zero-order chi connectivity index (χ0) is 20.3. The fourth-order valence-electron chi connectivity index (χ4n) is 2.48. The van der Waals surface area contributed by atoms with Crippen LogP contribution in [-0.4, -0.2) is 16.9 Å². The molecule has 28 heavy (non-hydrogen) atoms. The summed E-state index contributed by atoms with van der Waals surface area (Å²) >= 11 is 0. The summed E-state index contributed by atoms with van der Waals surface area (Å²) in [5.41, 5.74) is 3.55. The van der Waals surface area contributed by atoms with Crippen molar-refractivity contribution in [2.24, 2.45) is 0 Å². The number of carbonyl (C=O) groups excluding carboxylic acids is 2. The normalized spacial score (nSPS) is 11.1. The van der Waals surface area contributed by atoms with Crippen LogP contribution in [0.4, 0.5) is 13.2 Å². The lowest BCUT2D eigenvalue weighted by Gasteiger charge is -2.11. The van der Waals surface area contributed by atoms with E-state index < -0.39 is 34.9 Å². The molecule has 0 fully saturated rings. The molecular formula is C19H13F3N2O4. The standard InChI is InChI=1S/C19H13F3N2O4/c20-19(21,22)14-10-12(6-7-15(14)25)17(26)23-24-18(27)16-13(8-9-28-16)11-4-2-1-3-5-11/h1-10,25H,(H,23,26)(H,24,27). The molecular weight excluding hydrogens is 377 g/mol. The SMILES string of the molecule is O=C(NNC(=O)c1occc1-c1ccccc1)c1ccc(O)c(C(F)(F)F)c1. The van der Waals surface area contributed by atoms with Gasteiger partial charge in [0, 0.05) is 11.1 Å². The van der Waals surface area contributed by atoms with Gasteiger partial charge in [-0.3, -0.25) is 20.4 Å². The second-order valence-electron chi connectivity index (χ2n) is 5.67. The lowest BCUT2D eigenvalue weighted by atomic mass is 10.1. The van der Waals surface area contributed by atoms with E-state index in [-0.39, 0.29) is 5.76 Å². The van der Waals surface area contributed by atoms with Gasteiger partial charge in [0.05, 0.1) is 11.8 Å². The number of halogens is 3. The molecule has 0 aliphatic carbocycles. The summed E-state index contributed by atoms with van der Waals surface area (Å²) in [6.07, 6.45) is -3.53. The molecule has 6 nitrogen and oxygen atoms in total. The summed E-state index contributed by atoms with van der Waals surface area (Å²) < 4.78 is 43.6. The van der Waals surface area contributed by atoms with Crippen molar-refractivity contribution in [3.63, 3.8) is 0 Å². The Kier molecular flexibility index (Phi) is 5.08. The largest absolute Gasteiger partial charge is 0.507 e. The predicted molar refractivity (Wildman–Crippen MR) is 92.2 cm³/mol. The maximum atomic E-state index is 12.8. The van der Waals surface area contributed by atoms with E-state index >= 15 is 0 Å². The topological polar surface area (TPSA) is 91.6 Å². The number of phenolic OH excluding ortho intramolecular Hbond substituents is 1. The molecule has 0 aliphatic rings. The summed E-state index contributed by atoms with van der Waals surface area (Å²) in [5.74, 6) is -2.86. The van der Waals surface area contributed by atoms with Crippen molar-refractivity contribution in [2.75, 3.05) is 0 Å². The van der Waals surface area contributed by atoms with Crippen molar-refractivity contribution in [1.29, 1.82) is 0 Å². The molecule has 0 saturated heterocycles. The molecule has 1 heterocycles.